The zero-order chi connectivity index (χ0) is 26.1. The first-order chi connectivity index (χ1) is 17.1. The number of β-lactam (4-membered cyclic amide) rings is 1. The van der Waals surface area contributed by atoms with Crippen molar-refractivity contribution in [1.29, 1.82) is 0 Å². The molecule has 36 heavy (non-hydrogen) atoms. The maximum atomic E-state index is 12.9. The number of nitrogens with two attached hydrogens (primary N) is 3. The van der Waals surface area contributed by atoms with Gasteiger partial charge >= 0.3 is 5.97 Å². The van der Waals surface area contributed by atoms with Crippen LogP contribution in [0.3, 0.4) is 0 Å². The van der Waals surface area contributed by atoms with Gasteiger partial charge in [0.2, 0.25) is 5.95 Å². The molecular weight excluding hydrogens is 554 g/mol. The lowest BCUT2D eigenvalue weighted by atomic mass is 10.0. The Morgan fingerprint density at radius 1 is 1.31 bits per heavy atom. The second kappa shape index (κ2) is 10.4. The highest BCUT2D eigenvalue weighted by Gasteiger charge is 2.54. The van der Waals surface area contributed by atoms with Gasteiger partial charge in [0.1, 0.15) is 33.0 Å². The Balaban J connectivity index is 1.45. The number of carboxylic acids is 1. The molecule has 2 aromatic heterocycles. The van der Waals surface area contributed by atoms with Gasteiger partial charge in [-0.1, -0.05) is 28.1 Å². The van der Waals surface area contributed by atoms with E-state index in [0.29, 0.717) is 28.4 Å². The third-order valence-electron chi connectivity index (χ3n) is 5.13. The van der Waals surface area contributed by atoms with E-state index in [-0.39, 0.29) is 32.6 Å². The second-order valence-electron chi connectivity index (χ2n) is 7.37. The molecule has 0 spiro atoms. The predicted octanol–water partition coefficient (Wildman–Crippen LogP) is 0.183. The lowest BCUT2D eigenvalue weighted by Gasteiger charge is -2.49. The normalized spacial score (nSPS) is 19.6. The van der Waals surface area contributed by atoms with Crippen molar-refractivity contribution in [3.8, 4) is 0 Å². The largest absolute Gasteiger partial charge is 0.477 e. The van der Waals surface area contributed by atoms with Gasteiger partial charge in [-0.2, -0.15) is 16.7 Å². The number of rotatable bonds is 8. The number of hydrogen-bond donors (Lipinski definition) is 6. The summed E-state index contributed by atoms with van der Waals surface area (Å²) in [6, 6.07) is -1.04. The zero-order valence-corrected chi connectivity index (χ0v) is 21.2. The van der Waals surface area contributed by atoms with Crippen LogP contribution in [-0.2, 0) is 20.1 Å². The molecule has 190 valence electrons. The maximum absolute atomic E-state index is 12.9. The molecule has 2 unspecified atom stereocenters. The van der Waals surface area contributed by atoms with Gasteiger partial charge in [0.25, 0.3) is 11.8 Å². The molecule has 2 atom stereocenters. The van der Waals surface area contributed by atoms with E-state index in [0.717, 1.165) is 16.2 Å². The molecule has 1 saturated heterocycles. The van der Waals surface area contributed by atoms with Gasteiger partial charge in [-0.25, -0.2) is 14.8 Å². The molecule has 2 aliphatic heterocycles. The van der Waals surface area contributed by atoms with Gasteiger partial charge in [0.15, 0.2) is 10.8 Å². The number of carboxylic acid groups (broad SMARTS) is 1. The number of carbonyl (C=O) groups excluding carboxylic acids is 2. The number of carbonyl (C=O) groups is 3. The molecule has 2 aromatic rings. The van der Waals surface area contributed by atoms with Crippen LogP contribution in [0.1, 0.15) is 11.3 Å². The number of nitrogens with one attached hydrogen (secondary N) is 1. The van der Waals surface area contributed by atoms with Gasteiger partial charge in [-0.15, -0.1) is 11.8 Å². The van der Waals surface area contributed by atoms with Crippen LogP contribution >= 0.6 is 46.5 Å². The summed E-state index contributed by atoms with van der Waals surface area (Å²) in [7, 11) is 0. The van der Waals surface area contributed by atoms with Crippen LogP contribution in [0.25, 0.3) is 0 Å². The van der Waals surface area contributed by atoms with E-state index in [1.807, 2.05) is 0 Å². The summed E-state index contributed by atoms with van der Waals surface area (Å²) in [6.07, 6.45) is 1.51. The summed E-state index contributed by atoms with van der Waals surface area (Å²) in [6.45, 7) is 0. The van der Waals surface area contributed by atoms with Crippen LogP contribution in [0.4, 0.5) is 16.9 Å². The van der Waals surface area contributed by atoms with Crippen LogP contribution in [0, 0.1) is 0 Å². The smallest absolute Gasteiger partial charge is 0.352 e. The third kappa shape index (κ3) is 4.86. The highest BCUT2D eigenvalue weighted by atomic mass is 35.5. The standard InChI is InChI=1S/C18H18ClN9O5S3/c19-11-7(25-18(22)36-11)8(27-33)13(29)24-9-14(30)28-10(16(31)32)6(4-35-15(9)28)3-34-2-5-1-23-17(21)26-12(5)20/h1,9,15,33H,2-4H2,(H2,22,25)(H,24,29)(H,31,32)(H4,20,21,23,26)/b27-8-. The number of anilines is 3. The number of fused-ring (bicyclic) bond motifs is 1. The summed E-state index contributed by atoms with van der Waals surface area (Å²) in [5.41, 5.74) is 17.3. The highest BCUT2D eigenvalue weighted by molar-refractivity contribution is 8.00. The van der Waals surface area contributed by atoms with E-state index in [2.05, 4.69) is 25.4 Å². The fourth-order valence-corrected chi connectivity index (χ4v) is 6.93. The first-order valence-electron chi connectivity index (χ1n) is 9.92. The third-order valence-corrected chi connectivity index (χ3v) is 8.62. The Labute approximate surface area is 220 Å². The second-order valence-corrected chi connectivity index (χ2v) is 11.1. The highest BCUT2D eigenvalue weighted by Crippen LogP contribution is 2.41. The molecule has 18 heteroatoms. The topological polar surface area (TPSA) is 236 Å². The molecule has 2 amide bonds. The van der Waals surface area contributed by atoms with Crippen molar-refractivity contribution in [2.24, 2.45) is 5.16 Å². The van der Waals surface area contributed by atoms with E-state index in [4.69, 9.17) is 28.8 Å². The van der Waals surface area contributed by atoms with Gasteiger partial charge in [0.05, 0.1) is 0 Å². The molecule has 0 aliphatic carbocycles. The number of oxime groups is 1. The van der Waals surface area contributed by atoms with Gasteiger partial charge in [0, 0.05) is 29.0 Å². The van der Waals surface area contributed by atoms with E-state index in [1.165, 1.54) is 29.7 Å². The minimum Gasteiger partial charge on any atom is -0.477 e. The number of amides is 2. The van der Waals surface area contributed by atoms with Crippen molar-refractivity contribution < 1.29 is 24.7 Å². The average molecular weight is 572 g/mol. The SMILES string of the molecule is Nc1ncc(CSCC2=C(C(=O)O)N3C(=O)C(NC(=O)/C(=N\O)c4nc(N)sc4Cl)C3SC2)c(N)n1. The number of thiazole rings is 1. The van der Waals surface area contributed by atoms with Crippen molar-refractivity contribution in [3.05, 3.63) is 33.1 Å². The van der Waals surface area contributed by atoms with Crippen molar-refractivity contribution in [2.75, 3.05) is 28.7 Å². The minimum atomic E-state index is -1.26. The fraction of sp³-hybridized carbons (Fsp3) is 0.278. The summed E-state index contributed by atoms with van der Waals surface area (Å²) in [4.78, 5) is 50.4. The lowest BCUT2D eigenvalue weighted by molar-refractivity contribution is -0.150. The molecule has 0 aromatic carbocycles. The van der Waals surface area contributed by atoms with Crippen molar-refractivity contribution in [2.45, 2.75) is 17.2 Å². The first kappa shape index (κ1) is 25.8. The molecular formula is C18H18ClN9O5S3. The number of nitrogen functional groups attached to an aromatic ring is 3. The zero-order valence-electron chi connectivity index (χ0n) is 18.0. The number of halogens is 1. The molecule has 0 saturated carbocycles. The van der Waals surface area contributed by atoms with E-state index in [1.54, 1.807) is 0 Å². The number of thioether (sulfide) groups is 2. The van der Waals surface area contributed by atoms with E-state index in [9.17, 15) is 24.7 Å². The van der Waals surface area contributed by atoms with Gasteiger partial charge in [-0.05, 0) is 5.57 Å². The Hall–Kier alpha value is -3.28. The summed E-state index contributed by atoms with van der Waals surface area (Å²) >= 11 is 9.55. The number of aromatic nitrogens is 3. The molecule has 2 aliphatic rings. The first-order valence-corrected chi connectivity index (χ1v) is 13.3. The summed E-state index contributed by atoms with van der Waals surface area (Å²) in [5.74, 6) is -1.44. The van der Waals surface area contributed by atoms with Crippen LogP contribution in [-0.4, -0.2) is 76.6 Å². The quantitative estimate of drug-likeness (QED) is 0.107. The molecule has 4 heterocycles. The van der Waals surface area contributed by atoms with Gasteiger partial charge < -0.3 is 32.8 Å². The van der Waals surface area contributed by atoms with Crippen molar-refractivity contribution in [3.63, 3.8) is 0 Å². The molecule has 14 nitrogen and oxygen atoms in total. The molecule has 1 fully saturated rings. The predicted molar refractivity (Wildman–Crippen MR) is 137 cm³/mol. The fourth-order valence-electron chi connectivity index (χ4n) is 3.50. The lowest BCUT2D eigenvalue weighted by Crippen LogP contribution is -2.71. The Kier molecular flexibility index (Phi) is 7.43. The Bertz CT molecular complexity index is 1320. The van der Waals surface area contributed by atoms with E-state index < -0.39 is 34.9 Å². The number of nitrogens with zero attached hydrogens (tertiary/aromatic N) is 5. The number of aliphatic carboxylic acids is 1. The number of hydrogen-bond acceptors (Lipinski definition) is 14. The van der Waals surface area contributed by atoms with Crippen LogP contribution in [0.5, 0.6) is 0 Å². The Morgan fingerprint density at radius 2 is 2.06 bits per heavy atom. The average Bonchev–Trinajstić information content (AvgIpc) is 3.16. The Morgan fingerprint density at radius 3 is 2.67 bits per heavy atom. The molecule has 0 bridgehead atoms. The van der Waals surface area contributed by atoms with Crippen LogP contribution in [0.15, 0.2) is 22.6 Å². The van der Waals surface area contributed by atoms with Crippen LogP contribution in [0.2, 0.25) is 4.34 Å². The summed E-state index contributed by atoms with van der Waals surface area (Å²) < 4.78 is 0.0366. The monoisotopic (exact) mass is 571 g/mol. The van der Waals surface area contributed by atoms with Crippen molar-refractivity contribution >= 4 is 86.9 Å². The molecule has 0 radical (unpaired) electrons. The van der Waals surface area contributed by atoms with Crippen molar-refractivity contribution in [1.82, 2.24) is 25.2 Å². The van der Waals surface area contributed by atoms with E-state index >= 15 is 0 Å². The van der Waals surface area contributed by atoms with Gasteiger partial charge in [-0.3, -0.25) is 14.5 Å². The van der Waals surface area contributed by atoms with Crippen LogP contribution < -0.4 is 22.5 Å². The molecule has 9 N–H and O–H groups in total. The molecule has 4 rings (SSSR count). The maximum Gasteiger partial charge on any atom is 0.352 e. The summed E-state index contributed by atoms with van der Waals surface area (Å²) in [5, 5.41) is 23.9. The minimum absolute atomic E-state index is 0.0366.